The lowest BCUT2D eigenvalue weighted by atomic mass is 10.1. The number of nitrogens with zero attached hydrogens (tertiary/aromatic N) is 5. The monoisotopic (exact) mass is 675 g/mol. The molecule has 0 radical (unpaired) electrons. The summed E-state index contributed by atoms with van der Waals surface area (Å²) in [5, 5.41) is 39.6. The summed E-state index contributed by atoms with van der Waals surface area (Å²) < 4.78 is 28.3. The minimum absolute atomic E-state index is 0.0543. The third-order valence-electron chi connectivity index (χ3n) is 6.71. The van der Waals surface area contributed by atoms with Gasteiger partial charge >= 0.3 is 11.4 Å². The predicted octanol–water partition coefficient (Wildman–Crippen LogP) is 6.36. The number of rotatable bonds is 11. The van der Waals surface area contributed by atoms with Crippen molar-refractivity contribution in [3.05, 3.63) is 132 Å². The van der Waals surface area contributed by atoms with Gasteiger partial charge in [0.15, 0.2) is 10.8 Å². The lowest BCUT2D eigenvalue weighted by Gasteiger charge is -2.19. The van der Waals surface area contributed by atoms with Crippen molar-refractivity contribution in [3.8, 4) is 11.3 Å². The van der Waals surface area contributed by atoms with E-state index in [9.17, 15) is 43.6 Å². The van der Waals surface area contributed by atoms with Crippen LogP contribution in [0.3, 0.4) is 0 Å². The summed E-state index contributed by atoms with van der Waals surface area (Å²) in [6.07, 6.45) is 0. The summed E-state index contributed by atoms with van der Waals surface area (Å²) in [6, 6.07) is 20.8. The fourth-order valence-electron chi connectivity index (χ4n) is 4.46. The van der Waals surface area contributed by atoms with Crippen LogP contribution in [0.2, 0.25) is 0 Å². The van der Waals surface area contributed by atoms with Gasteiger partial charge in [-0.3, -0.25) is 39.9 Å². The first-order valence-corrected chi connectivity index (χ1v) is 15.6. The molecule has 0 bridgehead atoms. The van der Waals surface area contributed by atoms with Gasteiger partial charge in [-0.05, 0) is 30.3 Å². The zero-order chi connectivity index (χ0) is 33.9. The summed E-state index contributed by atoms with van der Waals surface area (Å²) in [7, 11) is -2.80. The van der Waals surface area contributed by atoms with Crippen LogP contribution in [0.4, 0.5) is 39.3 Å². The Bertz CT molecular complexity index is 2100. The minimum Gasteiger partial charge on any atom is -0.333 e. The second kappa shape index (κ2) is 13.0. The summed E-state index contributed by atoms with van der Waals surface area (Å²) >= 11 is 1.10. The van der Waals surface area contributed by atoms with Gasteiger partial charge in [-0.15, -0.1) is 11.3 Å². The quantitative estimate of drug-likeness (QED) is 0.116. The molecule has 0 aliphatic carbocycles. The maximum absolute atomic E-state index is 13.1. The number of thiazole rings is 1. The maximum Gasteiger partial charge on any atom is 0.300 e. The molecule has 18 heteroatoms. The van der Waals surface area contributed by atoms with Crippen molar-refractivity contribution in [2.75, 3.05) is 22.0 Å². The van der Waals surface area contributed by atoms with E-state index in [4.69, 9.17) is 0 Å². The first kappa shape index (κ1) is 32.1. The standard InChI is InChI=1S/C29H21N7O9S2/c1-33(21-8-5-9-22(16-21)34(38)39)27-25(35(40)41)14-19(15-26(27)36(42)43)28(37)30-20-10-12-23(13-11-20)47(44,45)32-29-31-24(17-46-29)18-6-3-2-4-7-18/h2-17H,1H3,(H,30,37)(H,31,32). The van der Waals surface area contributed by atoms with E-state index in [1.165, 1.54) is 49.5 Å². The van der Waals surface area contributed by atoms with Crippen LogP contribution < -0.4 is 14.9 Å². The number of amides is 1. The molecule has 0 fully saturated rings. The van der Waals surface area contributed by atoms with Crippen molar-refractivity contribution in [2.24, 2.45) is 0 Å². The molecule has 0 saturated carbocycles. The van der Waals surface area contributed by atoms with E-state index in [1.807, 2.05) is 30.3 Å². The fourth-order valence-corrected chi connectivity index (χ4v) is 6.43. The lowest BCUT2D eigenvalue weighted by Crippen LogP contribution is -2.17. The summed E-state index contributed by atoms with van der Waals surface area (Å²) in [5.74, 6) is -0.953. The zero-order valence-electron chi connectivity index (χ0n) is 24.0. The number of hydrogen-bond donors (Lipinski definition) is 2. The average molecular weight is 676 g/mol. The van der Waals surface area contributed by atoms with E-state index in [0.717, 1.165) is 40.0 Å². The Labute approximate surface area is 269 Å². The van der Waals surface area contributed by atoms with Crippen molar-refractivity contribution in [1.82, 2.24) is 4.98 Å². The largest absolute Gasteiger partial charge is 0.333 e. The number of nitro groups is 3. The molecule has 5 rings (SSSR count). The zero-order valence-corrected chi connectivity index (χ0v) is 25.6. The molecule has 1 amide bonds. The highest BCUT2D eigenvalue weighted by Crippen LogP contribution is 2.42. The van der Waals surface area contributed by atoms with Crippen molar-refractivity contribution in [3.63, 3.8) is 0 Å². The summed E-state index contributed by atoms with van der Waals surface area (Å²) in [4.78, 5) is 51.1. The number of carbonyl (C=O) groups is 1. The van der Waals surface area contributed by atoms with E-state index in [-0.39, 0.29) is 27.1 Å². The number of anilines is 4. The smallest absolute Gasteiger partial charge is 0.300 e. The SMILES string of the molecule is CN(c1cccc([N+](=O)[O-])c1)c1c([N+](=O)[O-])cc(C(=O)Nc2ccc(S(=O)(=O)Nc3nc(-c4ccccc4)cs3)cc2)cc1[N+](=O)[O-]. The van der Waals surface area contributed by atoms with E-state index < -0.39 is 53.3 Å². The van der Waals surface area contributed by atoms with E-state index >= 15 is 0 Å². The van der Waals surface area contributed by atoms with Gasteiger partial charge in [-0.1, -0.05) is 36.4 Å². The molecule has 0 atom stereocenters. The highest BCUT2D eigenvalue weighted by Gasteiger charge is 2.32. The fraction of sp³-hybridized carbons (Fsp3) is 0.0345. The van der Waals surface area contributed by atoms with Crippen molar-refractivity contribution in [2.45, 2.75) is 4.90 Å². The Kier molecular flexibility index (Phi) is 8.88. The summed E-state index contributed by atoms with van der Waals surface area (Å²) in [6.45, 7) is 0. The molecule has 5 aromatic rings. The molecule has 238 valence electrons. The van der Waals surface area contributed by atoms with Gasteiger partial charge in [0.05, 0.1) is 30.9 Å². The van der Waals surface area contributed by atoms with E-state index in [1.54, 1.807) is 5.38 Å². The topological polar surface area (TPSA) is 221 Å². The van der Waals surface area contributed by atoms with Crippen LogP contribution in [0.25, 0.3) is 11.3 Å². The molecule has 0 spiro atoms. The molecule has 0 unspecified atom stereocenters. The molecule has 1 heterocycles. The molecule has 0 aliphatic heterocycles. The first-order valence-electron chi connectivity index (χ1n) is 13.2. The van der Waals surface area contributed by atoms with Crippen LogP contribution in [0.1, 0.15) is 10.4 Å². The number of non-ortho nitro benzene ring substituents is 1. The molecule has 0 aliphatic rings. The van der Waals surface area contributed by atoms with Gasteiger partial charge in [0, 0.05) is 53.6 Å². The highest BCUT2D eigenvalue weighted by molar-refractivity contribution is 7.93. The van der Waals surface area contributed by atoms with E-state index in [2.05, 4.69) is 15.0 Å². The number of aromatic nitrogens is 1. The highest BCUT2D eigenvalue weighted by atomic mass is 32.2. The van der Waals surface area contributed by atoms with Crippen molar-refractivity contribution in [1.29, 1.82) is 0 Å². The molecule has 0 saturated heterocycles. The molecule has 4 aromatic carbocycles. The lowest BCUT2D eigenvalue weighted by molar-refractivity contribution is -0.392. The van der Waals surface area contributed by atoms with Gasteiger partial charge in [-0.25, -0.2) is 13.4 Å². The molecular formula is C29H21N7O9S2. The van der Waals surface area contributed by atoms with Crippen LogP contribution in [0, 0.1) is 30.3 Å². The molecule has 1 aromatic heterocycles. The maximum atomic E-state index is 13.1. The second-order valence-corrected chi connectivity index (χ2v) is 12.2. The number of carbonyl (C=O) groups excluding carboxylic acids is 1. The third-order valence-corrected chi connectivity index (χ3v) is 8.95. The van der Waals surface area contributed by atoms with Crippen molar-refractivity contribution >= 4 is 66.5 Å². The molecular weight excluding hydrogens is 654 g/mol. The van der Waals surface area contributed by atoms with Gasteiger partial charge in [0.2, 0.25) is 0 Å². The molecule has 16 nitrogen and oxygen atoms in total. The second-order valence-electron chi connectivity index (χ2n) is 9.70. The Balaban J connectivity index is 1.37. The molecule has 2 N–H and O–H groups in total. The average Bonchev–Trinajstić information content (AvgIpc) is 3.52. The van der Waals surface area contributed by atoms with Crippen LogP contribution in [-0.2, 0) is 10.0 Å². The van der Waals surface area contributed by atoms with Crippen LogP contribution in [0.15, 0.2) is 101 Å². The Morgan fingerprint density at radius 1 is 0.830 bits per heavy atom. The Hall–Kier alpha value is -6.27. The van der Waals surface area contributed by atoms with Gasteiger partial charge in [0.25, 0.3) is 21.6 Å². The predicted molar refractivity (Wildman–Crippen MR) is 174 cm³/mol. The Morgan fingerprint density at radius 2 is 1.47 bits per heavy atom. The first-order chi connectivity index (χ1) is 22.3. The minimum atomic E-state index is -4.06. The van der Waals surface area contributed by atoms with Gasteiger partial charge < -0.3 is 10.2 Å². The van der Waals surface area contributed by atoms with Crippen LogP contribution in [0.5, 0.6) is 0 Å². The number of hydrogen-bond acceptors (Lipinski definition) is 12. The number of nitrogens with one attached hydrogen (secondary N) is 2. The van der Waals surface area contributed by atoms with Gasteiger partial charge in [0.1, 0.15) is 0 Å². The van der Waals surface area contributed by atoms with Crippen molar-refractivity contribution < 1.29 is 28.0 Å². The third kappa shape index (κ3) is 7.02. The summed E-state index contributed by atoms with van der Waals surface area (Å²) in [5.41, 5.74) is -1.33. The normalized spacial score (nSPS) is 11.0. The number of sulfonamides is 1. The van der Waals surface area contributed by atoms with E-state index in [0.29, 0.717) is 5.69 Å². The number of nitro benzene ring substituents is 3. The van der Waals surface area contributed by atoms with Crippen LogP contribution in [-0.4, -0.2) is 41.1 Å². The Morgan fingerprint density at radius 3 is 2.06 bits per heavy atom. The number of benzene rings is 4. The van der Waals surface area contributed by atoms with Gasteiger partial charge in [-0.2, -0.15) is 0 Å². The van der Waals surface area contributed by atoms with Crippen LogP contribution >= 0.6 is 11.3 Å². The molecule has 47 heavy (non-hydrogen) atoms.